The van der Waals surface area contributed by atoms with Gasteiger partial charge in [-0.25, -0.2) is 0 Å². The van der Waals surface area contributed by atoms with E-state index in [4.69, 9.17) is 5.73 Å². The Hall–Kier alpha value is -1.46. The van der Waals surface area contributed by atoms with Gasteiger partial charge < -0.3 is 15.7 Å². The van der Waals surface area contributed by atoms with Gasteiger partial charge in [0, 0.05) is 25.5 Å². The number of pyridine rings is 1. The Morgan fingerprint density at radius 2 is 1.94 bits per heavy atom. The van der Waals surface area contributed by atoms with Gasteiger partial charge in [-0.2, -0.15) is 0 Å². The molecule has 3 N–H and O–H groups in total. The summed E-state index contributed by atoms with van der Waals surface area (Å²) in [4.78, 5) is 17.4. The molecule has 5 heteroatoms. The number of hydrogen-bond acceptors (Lipinski definition) is 4. The van der Waals surface area contributed by atoms with E-state index in [1.54, 1.807) is 29.4 Å². The summed E-state index contributed by atoms with van der Waals surface area (Å²) in [7, 11) is 0. The number of rotatable bonds is 5. The van der Waals surface area contributed by atoms with Crippen LogP contribution in [0.2, 0.25) is 0 Å². The maximum absolute atomic E-state index is 11.9. The summed E-state index contributed by atoms with van der Waals surface area (Å²) in [6.07, 6.45) is 2.13. The highest BCUT2D eigenvalue weighted by Gasteiger charge is 2.26. The highest BCUT2D eigenvalue weighted by atomic mass is 16.3. The van der Waals surface area contributed by atoms with Crippen molar-refractivity contribution in [2.24, 2.45) is 5.73 Å². The minimum Gasteiger partial charge on any atom is -0.386 e. The monoisotopic (exact) mass is 237 g/mol. The van der Waals surface area contributed by atoms with Crippen LogP contribution in [0.15, 0.2) is 24.5 Å². The van der Waals surface area contributed by atoms with Crippen LogP contribution < -0.4 is 5.73 Å². The van der Waals surface area contributed by atoms with Crippen molar-refractivity contribution in [3.8, 4) is 0 Å². The molecule has 2 atom stereocenters. The molecule has 0 fully saturated rings. The quantitative estimate of drug-likeness (QED) is 0.772. The number of aliphatic hydroxyl groups is 1. The second kappa shape index (κ2) is 6.32. The molecule has 0 aliphatic carbocycles. The lowest BCUT2D eigenvalue weighted by Crippen LogP contribution is -2.46. The third-order valence-corrected chi connectivity index (χ3v) is 2.75. The number of hydrogen-bond donors (Lipinski definition) is 2. The summed E-state index contributed by atoms with van der Waals surface area (Å²) in [5.41, 5.74) is 6.39. The van der Waals surface area contributed by atoms with Crippen molar-refractivity contribution in [1.29, 1.82) is 0 Å². The largest absolute Gasteiger partial charge is 0.386 e. The van der Waals surface area contributed by atoms with Crippen LogP contribution in [0, 0.1) is 0 Å². The fraction of sp³-hybridized carbons (Fsp3) is 0.500. The number of carbonyl (C=O) groups is 1. The minimum absolute atomic E-state index is 0.237. The first-order valence-electron chi connectivity index (χ1n) is 5.74. The Morgan fingerprint density at radius 3 is 2.41 bits per heavy atom. The van der Waals surface area contributed by atoms with Crippen molar-refractivity contribution in [2.75, 3.05) is 13.1 Å². The standard InChI is InChI=1S/C12H19N3O2/c1-3-15(4-2)12(17)10(13)11(16)9-5-7-14-8-6-9/h5-8,10-11,16H,3-4,13H2,1-2H3/t10-,11+/m1/s1. The van der Waals surface area contributed by atoms with Gasteiger partial charge in [-0.1, -0.05) is 0 Å². The molecule has 0 spiro atoms. The Balaban J connectivity index is 2.76. The van der Waals surface area contributed by atoms with Crippen molar-refractivity contribution >= 4 is 5.91 Å². The van der Waals surface area contributed by atoms with E-state index < -0.39 is 12.1 Å². The van der Waals surface area contributed by atoms with Crippen LogP contribution in [-0.2, 0) is 4.79 Å². The number of amides is 1. The van der Waals surface area contributed by atoms with E-state index in [0.29, 0.717) is 18.7 Å². The summed E-state index contributed by atoms with van der Waals surface area (Å²) >= 11 is 0. The lowest BCUT2D eigenvalue weighted by molar-refractivity contribution is -0.134. The van der Waals surface area contributed by atoms with Crippen molar-refractivity contribution in [2.45, 2.75) is 26.0 Å². The summed E-state index contributed by atoms with van der Waals surface area (Å²) in [6, 6.07) is 2.37. The Morgan fingerprint density at radius 1 is 1.41 bits per heavy atom. The van der Waals surface area contributed by atoms with Crippen molar-refractivity contribution in [1.82, 2.24) is 9.88 Å². The topological polar surface area (TPSA) is 79.5 Å². The zero-order valence-corrected chi connectivity index (χ0v) is 10.2. The molecule has 1 aromatic rings. The predicted molar refractivity (Wildman–Crippen MR) is 65.1 cm³/mol. The molecule has 0 saturated heterocycles. The van der Waals surface area contributed by atoms with Crippen LogP contribution >= 0.6 is 0 Å². The van der Waals surface area contributed by atoms with Crippen molar-refractivity contribution in [3.63, 3.8) is 0 Å². The van der Waals surface area contributed by atoms with Crippen LogP contribution in [0.25, 0.3) is 0 Å². The lowest BCUT2D eigenvalue weighted by Gasteiger charge is -2.25. The summed E-state index contributed by atoms with van der Waals surface area (Å²) < 4.78 is 0. The van der Waals surface area contributed by atoms with E-state index in [-0.39, 0.29) is 5.91 Å². The molecule has 0 radical (unpaired) electrons. The van der Waals surface area contributed by atoms with Gasteiger partial charge in [0.1, 0.15) is 12.1 Å². The Kier molecular flexibility index (Phi) is 5.06. The van der Waals surface area contributed by atoms with Crippen LogP contribution in [0.1, 0.15) is 25.5 Å². The van der Waals surface area contributed by atoms with Gasteiger partial charge in [0.15, 0.2) is 0 Å². The average molecular weight is 237 g/mol. The minimum atomic E-state index is -0.994. The van der Waals surface area contributed by atoms with Crippen LogP contribution in [0.3, 0.4) is 0 Å². The maximum atomic E-state index is 11.9. The lowest BCUT2D eigenvalue weighted by atomic mass is 10.0. The first-order valence-corrected chi connectivity index (χ1v) is 5.74. The van der Waals surface area contributed by atoms with Gasteiger partial charge >= 0.3 is 0 Å². The molecule has 0 bridgehead atoms. The fourth-order valence-electron chi connectivity index (χ4n) is 1.65. The van der Waals surface area contributed by atoms with Gasteiger partial charge in [-0.15, -0.1) is 0 Å². The fourth-order valence-corrected chi connectivity index (χ4v) is 1.65. The molecule has 0 aliphatic heterocycles. The van der Waals surface area contributed by atoms with Crippen molar-refractivity contribution in [3.05, 3.63) is 30.1 Å². The first-order chi connectivity index (χ1) is 8.11. The summed E-state index contributed by atoms with van der Waals surface area (Å²) in [5.74, 6) is -0.237. The maximum Gasteiger partial charge on any atom is 0.242 e. The van der Waals surface area contributed by atoms with E-state index in [1.807, 2.05) is 13.8 Å². The summed E-state index contributed by atoms with van der Waals surface area (Å²) in [5, 5.41) is 10.00. The van der Waals surface area contributed by atoms with E-state index in [2.05, 4.69) is 4.98 Å². The number of nitrogens with zero attached hydrogens (tertiary/aromatic N) is 2. The van der Waals surface area contributed by atoms with Gasteiger partial charge in [-0.3, -0.25) is 9.78 Å². The van der Waals surface area contributed by atoms with Gasteiger partial charge in [0.25, 0.3) is 0 Å². The zero-order chi connectivity index (χ0) is 12.8. The molecule has 1 heterocycles. The zero-order valence-electron chi connectivity index (χ0n) is 10.2. The summed E-state index contributed by atoms with van der Waals surface area (Å²) in [6.45, 7) is 4.94. The van der Waals surface area contributed by atoms with E-state index in [0.717, 1.165) is 0 Å². The smallest absolute Gasteiger partial charge is 0.242 e. The van der Waals surface area contributed by atoms with E-state index in [9.17, 15) is 9.90 Å². The molecule has 0 saturated carbocycles. The number of nitrogens with two attached hydrogens (primary N) is 1. The molecule has 0 unspecified atom stereocenters. The molecule has 1 amide bonds. The predicted octanol–water partition coefficient (Wildman–Crippen LogP) is 0.311. The molecule has 0 aromatic carbocycles. The molecule has 5 nitrogen and oxygen atoms in total. The van der Waals surface area contributed by atoms with Crippen LogP contribution in [0.4, 0.5) is 0 Å². The first kappa shape index (κ1) is 13.6. The van der Waals surface area contributed by atoms with E-state index >= 15 is 0 Å². The molecule has 94 valence electrons. The second-order valence-corrected chi connectivity index (χ2v) is 3.76. The number of aliphatic hydroxyl groups excluding tert-OH is 1. The van der Waals surface area contributed by atoms with Gasteiger partial charge in [0.2, 0.25) is 5.91 Å². The number of carbonyl (C=O) groups excluding carboxylic acids is 1. The molecule has 1 aromatic heterocycles. The molecule has 0 aliphatic rings. The SMILES string of the molecule is CCN(CC)C(=O)[C@H](N)[C@@H](O)c1ccncc1. The highest BCUT2D eigenvalue weighted by Crippen LogP contribution is 2.15. The third-order valence-electron chi connectivity index (χ3n) is 2.75. The highest BCUT2D eigenvalue weighted by molar-refractivity contribution is 5.82. The molecular weight excluding hydrogens is 218 g/mol. The third kappa shape index (κ3) is 3.25. The second-order valence-electron chi connectivity index (χ2n) is 3.76. The Labute approximate surface area is 101 Å². The van der Waals surface area contributed by atoms with Crippen LogP contribution in [0.5, 0.6) is 0 Å². The van der Waals surface area contributed by atoms with E-state index in [1.165, 1.54) is 0 Å². The average Bonchev–Trinajstić information content (AvgIpc) is 2.39. The van der Waals surface area contributed by atoms with Crippen molar-refractivity contribution < 1.29 is 9.90 Å². The van der Waals surface area contributed by atoms with Crippen LogP contribution in [-0.4, -0.2) is 40.0 Å². The van der Waals surface area contributed by atoms with Gasteiger partial charge in [0.05, 0.1) is 0 Å². The number of aromatic nitrogens is 1. The number of likely N-dealkylation sites (N-methyl/N-ethyl adjacent to an activating group) is 1. The molecular formula is C12H19N3O2. The Bertz CT molecular complexity index is 352. The molecule has 1 rings (SSSR count). The normalized spacial score (nSPS) is 14.1. The van der Waals surface area contributed by atoms with Gasteiger partial charge in [-0.05, 0) is 31.5 Å². The molecule has 17 heavy (non-hydrogen) atoms.